The average Bonchev–Trinajstić information content (AvgIpc) is 2.78. The van der Waals surface area contributed by atoms with Gasteiger partial charge in [-0.25, -0.2) is 9.78 Å². The second kappa shape index (κ2) is 9.47. The first-order valence-corrected chi connectivity index (χ1v) is 10.9. The fourth-order valence-electron chi connectivity index (χ4n) is 3.33. The fraction of sp³-hybridized carbons (Fsp3) is 0.364. The van der Waals surface area contributed by atoms with Gasteiger partial charge in [-0.05, 0) is 23.6 Å². The number of fused-ring (bicyclic) bond motifs is 1. The molecule has 0 radical (unpaired) electrons. The molecule has 2 aromatic heterocycles. The van der Waals surface area contributed by atoms with E-state index in [1.165, 1.54) is 37.6 Å². The molecule has 0 saturated heterocycles. The molecule has 170 valence electrons. The van der Waals surface area contributed by atoms with Gasteiger partial charge in [0.15, 0.2) is 11.5 Å². The van der Waals surface area contributed by atoms with Gasteiger partial charge in [-0.1, -0.05) is 13.8 Å². The lowest BCUT2D eigenvalue weighted by atomic mass is 10.0. The Balaban J connectivity index is 1.95. The van der Waals surface area contributed by atoms with Gasteiger partial charge in [0.05, 0.1) is 25.4 Å². The zero-order valence-electron chi connectivity index (χ0n) is 18.9. The molecule has 2 heterocycles. The summed E-state index contributed by atoms with van der Waals surface area (Å²) in [6.07, 6.45) is 1.67. The first-order chi connectivity index (χ1) is 15.2. The van der Waals surface area contributed by atoms with E-state index in [2.05, 4.69) is 10.3 Å². The molecule has 0 aliphatic carbocycles. The van der Waals surface area contributed by atoms with Crippen LogP contribution in [0.1, 0.15) is 25.3 Å². The molecule has 0 fully saturated rings. The summed E-state index contributed by atoms with van der Waals surface area (Å²) in [5, 5.41) is 3.17. The second-order valence-electron chi connectivity index (χ2n) is 7.51. The minimum absolute atomic E-state index is 0.0686. The number of pyridine rings is 1. The number of carbonyl (C=O) groups is 1. The van der Waals surface area contributed by atoms with Gasteiger partial charge >= 0.3 is 5.69 Å². The number of aryl methyl sites for hydroxylation is 1. The number of thioether (sulfide) groups is 1. The van der Waals surface area contributed by atoms with E-state index in [-0.39, 0.29) is 17.6 Å². The summed E-state index contributed by atoms with van der Waals surface area (Å²) in [5.41, 5.74) is 0.827. The highest BCUT2D eigenvalue weighted by atomic mass is 32.2. The van der Waals surface area contributed by atoms with Gasteiger partial charge in [-0.3, -0.25) is 18.7 Å². The summed E-state index contributed by atoms with van der Waals surface area (Å²) in [4.78, 5) is 42.9. The van der Waals surface area contributed by atoms with Crippen molar-refractivity contribution in [2.75, 3.05) is 25.3 Å². The molecule has 0 unspecified atom stereocenters. The molecule has 1 N–H and O–H groups in total. The molecule has 1 amide bonds. The monoisotopic (exact) mass is 458 g/mol. The minimum Gasteiger partial charge on any atom is -0.493 e. The topological polar surface area (TPSA) is 104 Å². The van der Waals surface area contributed by atoms with Crippen LogP contribution < -0.4 is 26.0 Å². The fourth-order valence-corrected chi connectivity index (χ4v) is 4.46. The first-order valence-electron chi connectivity index (χ1n) is 9.92. The van der Waals surface area contributed by atoms with Crippen molar-refractivity contribution in [1.29, 1.82) is 0 Å². The smallest absolute Gasteiger partial charge is 0.332 e. The minimum atomic E-state index is -0.450. The number of carbonyl (C=O) groups excluding carboxylic acids is 1. The SMILES string of the molecule is COc1ccc(NC(=O)CSc2c(C(C)C)cnc3c2c(=O)n(C)c(=O)n3C)cc1OC. The third kappa shape index (κ3) is 4.36. The van der Waals surface area contributed by atoms with Gasteiger partial charge in [0, 0.05) is 36.9 Å². The van der Waals surface area contributed by atoms with E-state index in [9.17, 15) is 14.4 Å². The largest absolute Gasteiger partial charge is 0.493 e. The molecular formula is C22H26N4O5S. The van der Waals surface area contributed by atoms with Crippen LogP contribution in [0.5, 0.6) is 11.5 Å². The molecule has 1 aromatic carbocycles. The predicted molar refractivity (Wildman–Crippen MR) is 125 cm³/mol. The Morgan fingerprint density at radius 3 is 2.44 bits per heavy atom. The molecular weight excluding hydrogens is 432 g/mol. The van der Waals surface area contributed by atoms with Crippen molar-refractivity contribution in [2.45, 2.75) is 24.7 Å². The van der Waals surface area contributed by atoms with Gasteiger partial charge in [0.1, 0.15) is 5.65 Å². The number of benzene rings is 1. The molecule has 0 aliphatic heterocycles. The van der Waals surface area contributed by atoms with E-state index in [1.54, 1.807) is 31.4 Å². The normalized spacial score (nSPS) is 11.1. The number of anilines is 1. The van der Waals surface area contributed by atoms with E-state index in [1.807, 2.05) is 13.8 Å². The number of amides is 1. The van der Waals surface area contributed by atoms with Crippen molar-refractivity contribution in [2.24, 2.45) is 14.1 Å². The quantitative estimate of drug-likeness (QED) is 0.543. The van der Waals surface area contributed by atoms with Crippen LogP contribution in [-0.2, 0) is 18.9 Å². The van der Waals surface area contributed by atoms with Crippen molar-refractivity contribution in [3.8, 4) is 11.5 Å². The Morgan fingerprint density at radius 2 is 1.81 bits per heavy atom. The maximum Gasteiger partial charge on any atom is 0.332 e. The molecule has 9 nitrogen and oxygen atoms in total. The van der Waals surface area contributed by atoms with E-state index in [4.69, 9.17) is 9.47 Å². The van der Waals surface area contributed by atoms with Gasteiger partial charge in [-0.15, -0.1) is 11.8 Å². The summed E-state index contributed by atoms with van der Waals surface area (Å²) in [5.74, 6) is 0.962. The number of ether oxygens (including phenoxy) is 2. The highest BCUT2D eigenvalue weighted by Crippen LogP contribution is 2.33. The van der Waals surface area contributed by atoms with Crippen molar-refractivity contribution in [1.82, 2.24) is 14.1 Å². The van der Waals surface area contributed by atoms with Gasteiger partial charge in [0.2, 0.25) is 5.91 Å². The van der Waals surface area contributed by atoms with Gasteiger partial charge < -0.3 is 14.8 Å². The van der Waals surface area contributed by atoms with Crippen molar-refractivity contribution < 1.29 is 14.3 Å². The summed E-state index contributed by atoms with van der Waals surface area (Å²) in [7, 11) is 6.07. The third-order valence-corrected chi connectivity index (χ3v) is 6.22. The summed E-state index contributed by atoms with van der Waals surface area (Å²) < 4.78 is 12.9. The van der Waals surface area contributed by atoms with E-state index in [0.717, 1.165) is 10.1 Å². The number of nitrogens with zero attached hydrogens (tertiary/aromatic N) is 3. The molecule has 0 saturated carbocycles. The van der Waals surface area contributed by atoms with Crippen LogP contribution in [0.25, 0.3) is 11.0 Å². The second-order valence-corrected chi connectivity index (χ2v) is 8.49. The highest BCUT2D eigenvalue weighted by molar-refractivity contribution is 8.00. The summed E-state index contributed by atoms with van der Waals surface area (Å²) >= 11 is 1.25. The molecule has 0 aliphatic rings. The lowest BCUT2D eigenvalue weighted by Gasteiger charge is -2.16. The van der Waals surface area contributed by atoms with E-state index in [0.29, 0.717) is 33.1 Å². The van der Waals surface area contributed by atoms with Crippen LogP contribution in [0, 0.1) is 0 Å². The zero-order chi connectivity index (χ0) is 23.6. The van der Waals surface area contributed by atoms with Crippen LogP contribution in [0.15, 0.2) is 38.9 Å². The highest BCUT2D eigenvalue weighted by Gasteiger charge is 2.20. The molecule has 0 bridgehead atoms. The summed E-state index contributed by atoms with van der Waals surface area (Å²) in [6, 6.07) is 5.10. The maximum atomic E-state index is 12.9. The first kappa shape index (κ1) is 23.4. The Kier molecular flexibility index (Phi) is 6.93. The van der Waals surface area contributed by atoms with Crippen molar-refractivity contribution in [3.63, 3.8) is 0 Å². The van der Waals surface area contributed by atoms with Crippen molar-refractivity contribution in [3.05, 3.63) is 50.8 Å². The third-order valence-electron chi connectivity index (χ3n) is 5.09. The Morgan fingerprint density at radius 1 is 1.12 bits per heavy atom. The lowest BCUT2D eigenvalue weighted by molar-refractivity contribution is -0.113. The Bertz CT molecular complexity index is 1300. The van der Waals surface area contributed by atoms with Crippen LogP contribution in [0.4, 0.5) is 5.69 Å². The molecule has 3 aromatic rings. The zero-order valence-corrected chi connectivity index (χ0v) is 19.7. The van der Waals surface area contributed by atoms with E-state index >= 15 is 0 Å². The number of aromatic nitrogens is 3. The van der Waals surface area contributed by atoms with Crippen LogP contribution >= 0.6 is 11.8 Å². The number of rotatable bonds is 7. The molecule has 0 atom stereocenters. The standard InChI is InChI=1S/C22H26N4O5S/c1-12(2)14-10-23-20-18(21(28)26(4)22(29)25(20)3)19(14)32-11-17(27)24-13-7-8-15(30-5)16(9-13)31-6/h7-10,12H,11H2,1-6H3,(H,24,27). The Hall–Kier alpha value is -3.27. The van der Waals surface area contributed by atoms with Gasteiger partial charge in [-0.2, -0.15) is 0 Å². The number of hydrogen-bond donors (Lipinski definition) is 1. The van der Waals surface area contributed by atoms with Crippen molar-refractivity contribution >= 4 is 34.4 Å². The number of nitrogens with one attached hydrogen (secondary N) is 1. The number of hydrogen-bond acceptors (Lipinski definition) is 7. The summed E-state index contributed by atoms with van der Waals surface area (Å²) in [6.45, 7) is 3.98. The van der Waals surface area contributed by atoms with Crippen LogP contribution in [-0.4, -0.2) is 40.0 Å². The molecule has 0 spiro atoms. The predicted octanol–water partition coefficient (Wildman–Crippen LogP) is 2.50. The molecule has 32 heavy (non-hydrogen) atoms. The van der Waals surface area contributed by atoms with Crippen LogP contribution in [0.3, 0.4) is 0 Å². The lowest BCUT2D eigenvalue weighted by Crippen LogP contribution is -2.37. The number of methoxy groups -OCH3 is 2. The Labute approximate surface area is 189 Å². The average molecular weight is 459 g/mol. The van der Waals surface area contributed by atoms with Gasteiger partial charge in [0.25, 0.3) is 5.56 Å². The molecule has 10 heteroatoms. The van der Waals surface area contributed by atoms with E-state index < -0.39 is 11.2 Å². The van der Waals surface area contributed by atoms with Crippen LogP contribution in [0.2, 0.25) is 0 Å². The maximum absolute atomic E-state index is 12.9. The molecule has 3 rings (SSSR count).